The Morgan fingerprint density at radius 2 is 1.79 bits per heavy atom. The third-order valence-electron chi connectivity index (χ3n) is 2.38. The van der Waals surface area contributed by atoms with Crippen LogP contribution in [0.3, 0.4) is 0 Å². The fourth-order valence-corrected chi connectivity index (χ4v) is 1.68. The molecular formula is C12H8N2+. The van der Waals surface area contributed by atoms with Crippen LogP contribution >= 0.6 is 0 Å². The largest absolute Gasteiger partial charge is 0.320 e. The van der Waals surface area contributed by atoms with Crippen molar-refractivity contribution in [1.29, 1.82) is 0 Å². The molecular weight excluding hydrogens is 172 g/mol. The van der Waals surface area contributed by atoms with Crippen molar-refractivity contribution in [3.63, 3.8) is 0 Å². The normalized spacial score (nSPS) is 13.1. The third-order valence-corrected chi connectivity index (χ3v) is 2.38. The van der Waals surface area contributed by atoms with E-state index in [1.165, 1.54) is 10.8 Å². The molecule has 1 aliphatic heterocycles. The van der Waals surface area contributed by atoms with Crippen LogP contribution < -0.4 is 15.7 Å². The predicted octanol–water partition coefficient (Wildman–Crippen LogP) is 0.575. The highest BCUT2D eigenvalue weighted by atomic mass is 15.2. The van der Waals surface area contributed by atoms with Gasteiger partial charge in [0, 0.05) is 6.07 Å². The molecule has 2 aromatic rings. The third kappa shape index (κ3) is 1.04. The van der Waals surface area contributed by atoms with Crippen molar-refractivity contribution in [3.8, 4) is 0 Å². The maximum Gasteiger partial charge on any atom is 0.320 e. The van der Waals surface area contributed by atoms with E-state index >= 15 is 0 Å². The Balaban J connectivity index is 2.55. The molecule has 0 fully saturated rings. The molecule has 0 unspecified atom stereocenters. The van der Waals surface area contributed by atoms with Gasteiger partial charge in [-0.05, 0) is 22.9 Å². The molecule has 0 aromatic heterocycles. The molecule has 2 heteroatoms. The second kappa shape index (κ2) is 2.77. The zero-order valence-corrected chi connectivity index (χ0v) is 7.51. The summed E-state index contributed by atoms with van der Waals surface area (Å²) in [6.45, 7) is 0. The van der Waals surface area contributed by atoms with Gasteiger partial charge in [-0.15, -0.1) is 0 Å². The SMILES string of the molecule is C1=N[N+]=c2cc3ccccc3cc2=C1. The molecule has 0 spiro atoms. The molecule has 1 heterocycles. The fourth-order valence-electron chi connectivity index (χ4n) is 1.68. The summed E-state index contributed by atoms with van der Waals surface area (Å²) in [6.07, 6.45) is 3.70. The Morgan fingerprint density at radius 3 is 2.64 bits per heavy atom. The van der Waals surface area contributed by atoms with Gasteiger partial charge in [0.05, 0.1) is 10.3 Å². The summed E-state index contributed by atoms with van der Waals surface area (Å²) in [5.74, 6) is 0. The smallest absolute Gasteiger partial charge is 0.0616 e. The molecule has 1 aliphatic rings. The van der Waals surface area contributed by atoms with Crippen molar-refractivity contribution in [2.75, 3.05) is 0 Å². The molecule has 3 rings (SSSR count). The average Bonchev–Trinajstić information content (AvgIpc) is 2.26. The lowest BCUT2D eigenvalue weighted by atomic mass is 10.1. The number of hydrogen-bond acceptors (Lipinski definition) is 2. The van der Waals surface area contributed by atoms with Gasteiger partial charge >= 0.3 is 5.36 Å². The van der Waals surface area contributed by atoms with Crippen molar-refractivity contribution >= 4 is 23.1 Å². The summed E-state index contributed by atoms with van der Waals surface area (Å²) >= 11 is 0. The highest BCUT2D eigenvalue weighted by Crippen LogP contribution is 2.07. The van der Waals surface area contributed by atoms with Gasteiger partial charge in [-0.25, -0.2) is 0 Å². The van der Waals surface area contributed by atoms with Crippen molar-refractivity contribution in [3.05, 3.63) is 47.0 Å². The predicted molar refractivity (Wildman–Crippen MR) is 57.4 cm³/mol. The molecule has 0 atom stereocenters. The van der Waals surface area contributed by atoms with E-state index < -0.39 is 0 Å². The minimum absolute atomic E-state index is 0.950. The van der Waals surface area contributed by atoms with E-state index in [0.717, 1.165) is 10.6 Å². The molecule has 0 N–H and O–H groups in total. The first-order valence-corrected chi connectivity index (χ1v) is 4.54. The van der Waals surface area contributed by atoms with Gasteiger partial charge in [0.25, 0.3) is 0 Å². The van der Waals surface area contributed by atoms with E-state index in [4.69, 9.17) is 0 Å². The van der Waals surface area contributed by atoms with Gasteiger partial charge < -0.3 is 0 Å². The molecule has 14 heavy (non-hydrogen) atoms. The zero-order valence-electron chi connectivity index (χ0n) is 7.51. The highest BCUT2D eigenvalue weighted by Gasteiger charge is 2.04. The first-order chi connectivity index (χ1) is 6.93. The summed E-state index contributed by atoms with van der Waals surface area (Å²) in [4.78, 5) is 0. The topological polar surface area (TPSA) is 26.5 Å². The number of fused-ring (bicyclic) bond motifs is 2. The summed E-state index contributed by atoms with van der Waals surface area (Å²) in [5.41, 5.74) is 0. The minimum Gasteiger partial charge on any atom is -0.0616 e. The van der Waals surface area contributed by atoms with Gasteiger partial charge in [-0.3, -0.25) is 0 Å². The Labute approximate surface area is 80.9 Å². The van der Waals surface area contributed by atoms with Crippen LogP contribution in [-0.2, 0) is 0 Å². The van der Waals surface area contributed by atoms with E-state index in [2.05, 4.69) is 34.5 Å². The lowest BCUT2D eigenvalue weighted by Crippen LogP contribution is -2.30. The quantitative estimate of drug-likeness (QED) is 0.567. The van der Waals surface area contributed by atoms with Crippen LogP contribution in [0.1, 0.15) is 0 Å². The summed E-state index contributed by atoms with van der Waals surface area (Å²) in [5, 5.41) is 12.5. The number of benzene rings is 2. The molecule has 0 saturated heterocycles. The molecule has 0 amide bonds. The molecule has 2 aromatic carbocycles. The Bertz CT molecular complexity index is 582. The van der Waals surface area contributed by atoms with Crippen molar-refractivity contribution in [2.24, 2.45) is 5.10 Å². The maximum absolute atomic E-state index is 4.08. The molecule has 1 radical (unpaired) electrons. The molecule has 2 nitrogen and oxygen atoms in total. The first-order valence-electron chi connectivity index (χ1n) is 4.54. The first kappa shape index (κ1) is 7.44. The van der Waals surface area contributed by atoms with Gasteiger partial charge in [-0.1, -0.05) is 24.3 Å². The molecule has 0 saturated carbocycles. The van der Waals surface area contributed by atoms with Gasteiger partial charge in [0.2, 0.25) is 5.10 Å². The zero-order chi connectivity index (χ0) is 9.38. The second-order valence-corrected chi connectivity index (χ2v) is 3.29. The van der Waals surface area contributed by atoms with E-state index in [9.17, 15) is 0 Å². The summed E-state index contributed by atoms with van der Waals surface area (Å²) in [7, 11) is 0. The Morgan fingerprint density at radius 1 is 1.00 bits per heavy atom. The minimum atomic E-state index is 0.950. The lowest BCUT2D eigenvalue weighted by molar-refractivity contribution is 0.995. The Hall–Kier alpha value is -1.96. The summed E-state index contributed by atoms with van der Waals surface area (Å²) in [6, 6.07) is 12.5. The Kier molecular flexibility index (Phi) is 1.47. The number of nitrogens with zero attached hydrogens (tertiary/aromatic N) is 2. The molecule has 65 valence electrons. The number of rotatable bonds is 0. The van der Waals surface area contributed by atoms with E-state index in [1.807, 2.05) is 18.2 Å². The fraction of sp³-hybridized carbons (Fsp3) is 0. The number of hydrogen-bond donors (Lipinski definition) is 0. The molecule has 0 bridgehead atoms. The molecule has 0 aliphatic carbocycles. The van der Waals surface area contributed by atoms with Crippen molar-refractivity contribution in [2.45, 2.75) is 0 Å². The average molecular weight is 180 g/mol. The van der Waals surface area contributed by atoms with Gasteiger partial charge in [0.15, 0.2) is 0 Å². The van der Waals surface area contributed by atoms with Crippen LogP contribution in [0.25, 0.3) is 16.8 Å². The van der Waals surface area contributed by atoms with Crippen molar-refractivity contribution in [1.82, 2.24) is 5.10 Å². The van der Waals surface area contributed by atoms with Crippen LogP contribution in [0.15, 0.2) is 41.5 Å². The van der Waals surface area contributed by atoms with Crippen LogP contribution in [0.4, 0.5) is 0 Å². The lowest BCUT2D eigenvalue weighted by Gasteiger charge is -1.93. The van der Waals surface area contributed by atoms with E-state index in [0.29, 0.717) is 0 Å². The highest BCUT2D eigenvalue weighted by molar-refractivity contribution is 5.92. The standard InChI is InChI=1S/C12H8N2/c1-2-4-10-8-12-11(5-6-13-14-12)7-9(10)3-1/h1-8H/q+1. The second-order valence-electron chi connectivity index (χ2n) is 3.29. The van der Waals surface area contributed by atoms with Crippen LogP contribution in [0, 0.1) is 0 Å². The van der Waals surface area contributed by atoms with Crippen LogP contribution in [0.5, 0.6) is 0 Å². The van der Waals surface area contributed by atoms with Gasteiger partial charge in [-0.2, -0.15) is 0 Å². The van der Waals surface area contributed by atoms with Crippen LogP contribution in [0.2, 0.25) is 0 Å². The maximum atomic E-state index is 4.08. The van der Waals surface area contributed by atoms with Crippen LogP contribution in [-0.4, -0.2) is 6.21 Å². The van der Waals surface area contributed by atoms with E-state index in [-0.39, 0.29) is 0 Å². The summed E-state index contributed by atoms with van der Waals surface area (Å²) < 4.78 is 0. The van der Waals surface area contributed by atoms with E-state index in [1.54, 1.807) is 6.21 Å². The monoisotopic (exact) mass is 180 g/mol. The van der Waals surface area contributed by atoms with Crippen molar-refractivity contribution < 1.29 is 0 Å². The van der Waals surface area contributed by atoms with Gasteiger partial charge in [0.1, 0.15) is 6.21 Å².